The molecule has 0 unspecified atom stereocenters. The fourth-order valence-electron chi connectivity index (χ4n) is 1.43. The first-order valence-electron chi connectivity index (χ1n) is 5.30. The van der Waals surface area contributed by atoms with Gasteiger partial charge in [-0.2, -0.15) is 13.2 Å². The third-order valence-electron chi connectivity index (χ3n) is 2.44. The SMILES string of the molecule is CN(Cc1ccc(C(F)(F)F)cc1)C(=O)CCBr. The third-order valence-corrected chi connectivity index (χ3v) is 2.83. The van der Waals surface area contributed by atoms with E-state index in [2.05, 4.69) is 15.9 Å². The summed E-state index contributed by atoms with van der Waals surface area (Å²) in [5, 5.41) is 0.573. The average molecular weight is 324 g/mol. The molecule has 1 aromatic rings. The van der Waals surface area contributed by atoms with Crippen molar-refractivity contribution in [3.63, 3.8) is 0 Å². The van der Waals surface area contributed by atoms with Crippen molar-refractivity contribution < 1.29 is 18.0 Å². The molecule has 100 valence electrons. The molecule has 0 aliphatic heterocycles. The summed E-state index contributed by atoms with van der Waals surface area (Å²) in [7, 11) is 1.63. The molecule has 1 rings (SSSR count). The highest BCUT2D eigenvalue weighted by Crippen LogP contribution is 2.29. The Morgan fingerprint density at radius 3 is 2.28 bits per heavy atom. The first kappa shape index (κ1) is 15.0. The number of amides is 1. The summed E-state index contributed by atoms with van der Waals surface area (Å²) in [6.45, 7) is 0.309. The molecule has 0 aliphatic rings. The van der Waals surface area contributed by atoms with Gasteiger partial charge in [0.15, 0.2) is 0 Å². The normalized spacial score (nSPS) is 11.4. The van der Waals surface area contributed by atoms with Crippen LogP contribution in [0.3, 0.4) is 0 Å². The number of carbonyl (C=O) groups excluding carboxylic acids is 1. The highest BCUT2D eigenvalue weighted by Gasteiger charge is 2.29. The highest BCUT2D eigenvalue weighted by atomic mass is 79.9. The number of nitrogens with zero attached hydrogens (tertiary/aromatic N) is 1. The number of benzene rings is 1. The highest BCUT2D eigenvalue weighted by molar-refractivity contribution is 9.09. The van der Waals surface area contributed by atoms with Crippen molar-refractivity contribution in [2.24, 2.45) is 0 Å². The molecular formula is C12H13BrF3NO. The fourth-order valence-corrected chi connectivity index (χ4v) is 1.77. The summed E-state index contributed by atoms with van der Waals surface area (Å²) in [4.78, 5) is 13.0. The van der Waals surface area contributed by atoms with Gasteiger partial charge in [-0.25, -0.2) is 0 Å². The summed E-state index contributed by atoms with van der Waals surface area (Å²) >= 11 is 3.16. The molecule has 0 fully saturated rings. The van der Waals surface area contributed by atoms with Gasteiger partial charge < -0.3 is 4.90 Å². The molecule has 2 nitrogen and oxygen atoms in total. The van der Waals surface area contributed by atoms with Gasteiger partial charge in [0.2, 0.25) is 5.91 Å². The van der Waals surface area contributed by atoms with Crippen LogP contribution < -0.4 is 0 Å². The summed E-state index contributed by atoms with van der Waals surface area (Å²) in [5.41, 5.74) is -0.00545. The molecular weight excluding hydrogens is 311 g/mol. The molecule has 0 aromatic heterocycles. The van der Waals surface area contributed by atoms with Crippen molar-refractivity contribution >= 4 is 21.8 Å². The Balaban J connectivity index is 2.67. The minimum atomic E-state index is -4.32. The Kier molecular flexibility index (Phi) is 5.19. The van der Waals surface area contributed by atoms with Crippen LogP contribution in [-0.4, -0.2) is 23.2 Å². The van der Waals surface area contributed by atoms with Crippen LogP contribution in [-0.2, 0) is 17.5 Å². The Labute approximate surface area is 112 Å². The van der Waals surface area contributed by atoms with E-state index in [1.54, 1.807) is 7.05 Å². The summed E-state index contributed by atoms with van der Waals surface area (Å²) < 4.78 is 37.0. The van der Waals surface area contributed by atoms with Crippen LogP contribution in [0.5, 0.6) is 0 Å². The van der Waals surface area contributed by atoms with Gasteiger partial charge in [-0.15, -0.1) is 0 Å². The Bertz CT molecular complexity index is 403. The van der Waals surface area contributed by atoms with E-state index in [4.69, 9.17) is 0 Å². The minimum absolute atomic E-state index is 0.0493. The zero-order chi connectivity index (χ0) is 13.8. The Morgan fingerprint density at radius 1 is 1.28 bits per heavy atom. The lowest BCUT2D eigenvalue weighted by molar-refractivity contribution is -0.137. The zero-order valence-corrected chi connectivity index (χ0v) is 11.4. The standard InChI is InChI=1S/C12H13BrF3NO/c1-17(11(18)6-7-13)8-9-2-4-10(5-3-9)12(14,15)16/h2-5H,6-8H2,1H3. The van der Waals surface area contributed by atoms with Crippen LogP contribution in [0.15, 0.2) is 24.3 Å². The van der Waals surface area contributed by atoms with E-state index in [0.717, 1.165) is 12.1 Å². The van der Waals surface area contributed by atoms with E-state index in [-0.39, 0.29) is 5.91 Å². The molecule has 1 aromatic carbocycles. The zero-order valence-electron chi connectivity index (χ0n) is 9.80. The monoisotopic (exact) mass is 323 g/mol. The van der Waals surface area contributed by atoms with E-state index >= 15 is 0 Å². The van der Waals surface area contributed by atoms with Crippen LogP contribution in [0.2, 0.25) is 0 Å². The van der Waals surface area contributed by atoms with Crippen LogP contribution in [0.1, 0.15) is 17.5 Å². The molecule has 0 saturated carbocycles. The molecule has 6 heteroatoms. The summed E-state index contributed by atoms with van der Waals surface area (Å²) in [6.07, 6.45) is -3.95. The lowest BCUT2D eigenvalue weighted by atomic mass is 10.1. The molecule has 1 amide bonds. The van der Waals surface area contributed by atoms with Crippen molar-refractivity contribution in [3.8, 4) is 0 Å². The van der Waals surface area contributed by atoms with E-state index in [1.807, 2.05) is 0 Å². The number of hydrogen-bond donors (Lipinski definition) is 0. The molecule has 0 spiro atoms. The number of alkyl halides is 4. The van der Waals surface area contributed by atoms with Crippen LogP contribution in [0.4, 0.5) is 13.2 Å². The summed E-state index contributed by atoms with van der Waals surface area (Å²) in [5.74, 6) is -0.0493. The van der Waals surface area contributed by atoms with Crippen LogP contribution in [0.25, 0.3) is 0 Å². The van der Waals surface area contributed by atoms with Crippen molar-refractivity contribution in [1.82, 2.24) is 4.90 Å². The molecule has 0 radical (unpaired) electrons. The maximum Gasteiger partial charge on any atom is 0.416 e. The van der Waals surface area contributed by atoms with E-state index in [0.29, 0.717) is 23.9 Å². The molecule has 0 bridgehead atoms. The topological polar surface area (TPSA) is 20.3 Å². The lowest BCUT2D eigenvalue weighted by Gasteiger charge is -2.17. The first-order chi connectivity index (χ1) is 8.34. The van der Waals surface area contributed by atoms with Gasteiger partial charge in [0.25, 0.3) is 0 Å². The van der Waals surface area contributed by atoms with Gasteiger partial charge in [0.05, 0.1) is 5.56 Å². The van der Waals surface area contributed by atoms with Gasteiger partial charge in [0.1, 0.15) is 0 Å². The van der Waals surface area contributed by atoms with Crippen molar-refractivity contribution in [3.05, 3.63) is 35.4 Å². The quantitative estimate of drug-likeness (QED) is 0.777. The van der Waals surface area contributed by atoms with Crippen molar-refractivity contribution in [2.75, 3.05) is 12.4 Å². The van der Waals surface area contributed by atoms with Crippen LogP contribution in [0, 0.1) is 0 Å². The Hall–Kier alpha value is -1.04. The number of hydrogen-bond acceptors (Lipinski definition) is 1. The first-order valence-corrected chi connectivity index (χ1v) is 6.43. The molecule has 0 atom stereocenters. The molecule has 0 N–H and O–H groups in total. The minimum Gasteiger partial charge on any atom is -0.341 e. The van der Waals surface area contributed by atoms with Crippen molar-refractivity contribution in [1.29, 1.82) is 0 Å². The second-order valence-corrected chi connectivity index (χ2v) is 4.68. The fraction of sp³-hybridized carbons (Fsp3) is 0.417. The van der Waals surface area contributed by atoms with E-state index in [1.165, 1.54) is 17.0 Å². The molecule has 0 heterocycles. The van der Waals surface area contributed by atoms with Gasteiger partial charge >= 0.3 is 6.18 Å². The van der Waals surface area contributed by atoms with E-state index < -0.39 is 11.7 Å². The van der Waals surface area contributed by atoms with Gasteiger partial charge in [-0.05, 0) is 17.7 Å². The molecule has 0 saturated heterocycles. The average Bonchev–Trinajstić information content (AvgIpc) is 2.28. The van der Waals surface area contributed by atoms with E-state index in [9.17, 15) is 18.0 Å². The predicted molar refractivity (Wildman–Crippen MR) is 66.3 cm³/mol. The maximum absolute atomic E-state index is 12.3. The number of carbonyl (C=O) groups is 1. The number of halogens is 4. The van der Waals surface area contributed by atoms with Crippen molar-refractivity contribution in [2.45, 2.75) is 19.1 Å². The second-order valence-electron chi connectivity index (χ2n) is 3.88. The Morgan fingerprint density at radius 2 is 1.83 bits per heavy atom. The lowest BCUT2D eigenvalue weighted by Crippen LogP contribution is -2.26. The molecule has 18 heavy (non-hydrogen) atoms. The van der Waals surface area contributed by atoms with Gasteiger partial charge in [0, 0.05) is 25.3 Å². The summed E-state index contributed by atoms with van der Waals surface area (Å²) in [6, 6.07) is 4.83. The smallest absolute Gasteiger partial charge is 0.341 e. The van der Waals surface area contributed by atoms with Crippen LogP contribution >= 0.6 is 15.9 Å². The maximum atomic E-state index is 12.3. The largest absolute Gasteiger partial charge is 0.416 e. The van der Waals surface area contributed by atoms with Gasteiger partial charge in [-0.3, -0.25) is 4.79 Å². The number of rotatable bonds is 4. The molecule has 0 aliphatic carbocycles. The predicted octanol–water partition coefficient (Wildman–Crippen LogP) is 3.45. The third kappa shape index (κ3) is 4.33. The second kappa shape index (κ2) is 6.22. The van der Waals surface area contributed by atoms with Gasteiger partial charge in [-0.1, -0.05) is 28.1 Å².